The molecule has 1 fully saturated rings. The Balaban J connectivity index is 1.44. The first-order valence-corrected chi connectivity index (χ1v) is 10.1. The standard InChI is InChI=1S/C21H19ClN6O4/c22-13-1-6-18(24-10-13)26-21(32)28-12-16(29)9-17(28)20(31)25-14-2-4-15(5-3-14)27-8-7-23-11-19(27)30/h1-8,10-11,16-17,29H,9,12H2,(H,25,31)(H,24,26,32)/t16-,17-/m1/s1. The summed E-state index contributed by atoms with van der Waals surface area (Å²) in [6.07, 6.45) is 4.93. The van der Waals surface area contributed by atoms with Crippen LogP contribution in [0, 0.1) is 0 Å². The molecule has 1 saturated heterocycles. The topological polar surface area (TPSA) is 129 Å². The number of hydrogen-bond donors (Lipinski definition) is 3. The van der Waals surface area contributed by atoms with E-state index in [0.29, 0.717) is 16.4 Å². The number of aromatic nitrogens is 3. The number of pyridine rings is 1. The number of hydrogen-bond acceptors (Lipinski definition) is 6. The largest absolute Gasteiger partial charge is 0.391 e. The van der Waals surface area contributed by atoms with Crippen molar-refractivity contribution in [2.75, 3.05) is 17.2 Å². The van der Waals surface area contributed by atoms with Crippen LogP contribution in [0.2, 0.25) is 5.02 Å². The van der Waals surface area contributed by atoms with Gasteiger partial charge >= 0.3 is 6.03 Å². The van der Waals surface area contributed by atoms with E-state index in [2.05, 4.69) is 20.6 Å². The van der Waals surface area contributed by atoms with Crippen LogP contribution in [0.4, 0.5) is 16.3 Å². The third-order valence-corrected chi connectivity index (χ3v) is 5.17. The van der Waals surface area contributed by atoms with Crippen molar-refractivity contribution in [2.45, 2.75) is 18.6 Å². The first-order valence-electron chi connectivity index (χ1n) is 9.72. The molecule has 4 rings (SSSR count). The van der Waals surface area contributed by atoms with Gasteiger partial charge in [-0.25, -0.2) is 9.78 Å². The van der Waals surface area contributed by atoms with Gasteiger partial charge in [0.15, 0.2) is 0 Å². The fourth-order valence-electron chi connectivity index (χ4n) is 3.41. The van der Waals surface area contributed by atoms with Gasteiger partial charge in [-0.05, 0) is 36.4 Å². The number of anilines is 2. The van der Waals surface area contributed by atoms with E-state index in [0.717, 1.165) is 0 Å². The minimum Gasteiger partial charge on any atom is -0.391 e. The van der Waals surface area contributed by atoms with Crippen molar-refractivity contribution in [1.29, 1.82) is 0 Å². The zero-order chi connectivity index (χ0) is 22.7. The highest BCUT2D eigenvalue weighted by molar-refractivity contribution is 6.30. The molecule has 0 radical (unpaired) electrons. The molecule has 164 valence electrons. The fourth-order valence-corrected chi connectivity index (χ4v) is 3.52. The number of nitrogens with zero attached hydrogens (tertiary/aromatic N) is 4. The molecule has 1 aliphatic heterocycles. The quantitative estimate of drug-likeness (QED) is 0.552. The van der Waals surface area contributed by atoms with Gasteiger partial charge in [0.25, 0.3) is 5.56 Å². The summed E-state index contributed by atoms with van der Waals surface area (Å²) < 4.78 is 1.42. The van der Waals surface area contributed by atoms with Crippen molar-refractivity contribution in [1.82, 2.24) is 19.4 Å². The molecule has 2 aromatic heterocycles. The number of likely N-dealkylation sites (tertiary alicyclic amines) is 1. The molecule has 0 unspecified atom stereocenters. The summed E-state index contributed by atoms with van der Waals surface area (Å²) in [5, 5.41) is 15.8. The lowest BCUT2D eigenvalue weighted by molar-refractivity contribution is -0.119. The van der Waals surface area contributed by atoms with Crippen LogP contribution in [0.1, 0.15) is 6.42 Å². The number of amides is 3. The number of nitrogens with one attached hydrogen (secondary N) is 2. The lowest BCUT2D eigenvalue weighted by atomic mass is 10.1. The summed E-state index contributed by atoms with van der Waals surface area (Å²) in [6.45, 7) is 0.0153. The van der Waals surface area contributed by atoms with Crippen molar-refractivity contribution < 1.29 is 14.7 Å². The number of benzene rings is 1. The van der Waals surface area contributed by atoms with Crippen LogP contribution in [-0.2, 0) is 4.79 Å². The maximum Gasteiger partial charge on any atom is 0.323 e. The van der Waals surface area contributed by atoms with Crippen molar-refractivity contribution in [3.63, 3.8) is 0 Å². The maximum atomic E-state index is 12.8. The van der Waals surface area contributed by atoms with E-state index in [9.17, 15) is 19.5 Å². The Labute approximate surface area is 187 Å². The first-order chi connectivity index (χ1) is 15.4. The molecule has 32 heavy (non-hydrogen) atoms. The number of halogens is 1. The highest BCUT2D eigenvalue weighted by Crippen LogP contribution is 2.22. The SMILES string of the molecule is O=C(Nc1ccc(-n2ccncc2=O)cc1)[C@H]1C[C@@H](O)CN1C(=O)Nc1ccc(Cl)cn1. The van der Waals surface area contributed by atoms with E-state index in [1.165, 1.54) is 34.1 Å². The number of aliphatic hydroxyl groups excluding tert-OH is 1. The second-order valence-electron chi connectivity index (χ2n) is 7.17. The van der Waals surface area contributed by atoms with Crippen molar-refractivity contribution in [2.24, 2.45) is 0 Å². The van der Waals surface area contributed by atoms with E-state index in [1.54, 1.807) is 36.5 Å². The Hall–Kier alpha value is -3.76. The van der Waals surface area contributed by atoms with E-state index in [-0.39, 0.29) is 24.3 Å². The summed E-state index contributed by atoms with van der Waals surface area (Å²) in [5.41, 5.74) is 0.825. The Morgan fingerprint density at radius 3 is 2.56 bits per heavy atom. The summed E-state index contributed by atoms with van der Waals surface area (Å²) in [4.78, 5) is 46.4. The molecule has 0 aliphatic carbocycles. The lowest BCUT2D eigenvalue weighted by Crippen LogP contribution is -2.45. The Morgan fingerprint density at radius 1 is 1.09 bits per heavy atom. The molecule has 11 heteroatoms. The predicted octanol–water partition coefficient (Wildman–Crippen LogP) is 1.89. The van der Waals surface area contributed by atoms with Crippen molar-refractivity contribution in [3.8, 4) is 5.69 Å². The van der Waals surface area contributed by atoms with Gasteiger partial charge in [-0.2, -0.15) is 0 Å². The number of carbonyl (C=O) groups excluding carboxylic acids is 2. The van der Waals surface area contributed by atoms with Crippen LogP contribution in [0.15, 0.2) is 66.0 Å². The number of carbonyl (C=O) groups is 2. The van der Waals surface area contributed by atoms with E-state index in [4.69, 9.17) is 11.6 Å². The molecule has 1 aromatic carbocycles. The number of rotatable bonds is 4. The zero-order valence-corrected chi connectivity index (χ0v) is 17.4. The predicted molar refractivity (Wildman–Crippen MR) is 118 cm³/mol. The molecule has 0 saturated carbocycles. The third kappa shape index (κ3) is 4.76. The summed E-state index contributed by atoms with van der Waals surface area (Å²) >= 11 is 5.80. The normalized spacial score (nSPS) is 17.8. The number of urea groups is 1. The maximum absolute atomic E-state index is 12.8. The molecule has 3 amide bonds. The van der Waals surface area contributed by atoms with Gasteiger partial charge < -0.3 is 15.3 Å². The number of aliphatic hydroxyl groups is 1. The molecule has 2 atom stereocenters. The average molecular weight is 455 g/mol. The minimum absolute atomic E-state index is 0.0153. The van der Waals surface area contributed by atoms with E-state index in [1.807, 2.05) is 0 Å². The van der Waals surface area contributed by atoms with Crippen LogP contribution >= 0.6 is 11.6 Å². The Kier molecular flexibility index (Phi) is 6.15. The summed E-state index contributed by atoms with van der Waals surface area (Å²) in [5.74, 6) is -0.156. The Bertz CT molecular complexity index is 1180. The van der Waals surface area contributed by atoms with Gasteiger partial charge in [0, 0.05) is 42.9 Å². The van der Waals surface area contributed by atoms with Gasteiger partial charge in [-0.1, -0.05) is 11.6 Å². The van der Waals surface area contributed by atoms with Crippen LogP contribution in [0.5, 0.6) is 0 Å². The third-order valence-electron chi connectivity index (χ3n) is 4.94. The molecule has 3 N–H and O–H groups in total. The molecule has 0 bridgehead atoms. The van der Waals surface area contributed by atoms with E-state index >= 15 is 0 Å². The molecule has 10 nitrogen and oxygen atoms in total. The molecule has 0 spiro atoms. The number of β-amino-alcohol motifs (C(OH)–C–C–N with tert-alkyl or cyclic N) is 1. The van der Waals surface area contributed by atoms with Gasteiger partial charge in [0.1, 0.15) is 11.9 Å². The van der Waals surface area contributed by atoms with E-state index < -0.39 is 24.1 Å². The summed E-state index contributed by atoms with van der Waals surface area (Å²) in [6, 6.07) is 8.35. The van der Waals surface area contributed by atoms with Crippen LogP contribution in [-0.4, -0.2) is 55.2 Å². The van der Waals surface area contributed by atoms with Crippen LogP contribution in [0.25, 0.3) is 5.69 Å². The highest BCUT2D eigenvalue weighted by atomic mass is 35.5. The molecular formula is C21H19ClN6O4. The second-order valence-corrected chi connectivity index (χ2v) is 7.61. The van der Waals surface area contributed by atoms with Gasteiger partial charge in [0.2, 0.25) is 5.91 Å². The minimum atomic E-state index is -0.861. The van der Waals surface area contributed by atoms with Gasteiger partial charge in [0.05, 0.1) is 17.3 Å². The molecule has 3 heterocycles. The van der Waals surface area contributed by atoms with Crippen molar-refractivity contribution in [3.05, 3.63) is 76.6 Å². The molecule has 3 aromatic rings. The zero-order valence-electron chi connectivity index (χ0n) is 16.7. The fraction of sp³-hybridized carbons (Fsp3) is 0.190. The average Bonchev–Trinajstić information content (AvgIpc) is 3.18. The smallest absolute Gasteiger partial charge is 0.323 e. The highest BCUT2D eigenvalue weighted by Gasteiger charge is 2.39. The second kappa shape index (κ2) is 9.16. The Morgan fingerprint density at radius 2 is 1.88 bits per heavy atom. The molecular weight excluding hydrogens is 436 g/mol. The molecule has 1 aliphatic rings. The van der Waals surface area contributed by atoms with Crippen molar-refractivity contribution >= 4 is 35.0 Å². The van der Waals surface area contributed by atoms with Gasteiger partial charge in [-0.3, -0.25) is 24.5 Å². The van der Waals surface area contributed by atoms with Gasteiger partial charge in [-0.15, -0.1) is 0 Å². The summed E-state index contributed by atoms with van der Waals surface area (Å²) in [7, 11) is 0. The lowest BCUT2D eigenvalue weighted by Gasteiger charge is -2.23. The monoisotopic (exact) mass is 454 g/mol. The van der Waals surface area contributed by atoms with Crippen LogP contribution < -0.4 is 16.2 Å². The van der Waals surface area contributed by atoms with Crippen LogP contribution in [0.3, 0.4) is 0 Å². The first kappa shape index (κ1) is 21.5.